The lowest BCUT2D eigenvalue weighted by atomic mass is 9.71. The van der Waals surface area contributed by atoms with Gasteiger partial charge in [-0.15, -0.1) is 0 Å². The Hall–Kier alpha value is -1.35. The first-order valence-electron chi connectivity index (χ1n) is 9.44. The quantitative estimate of drug-likeness (QED) is 0.914. The second-order valence-corrected chi connectivity index (χ2v) is 8.47. The summed E-state index contributed by atoms with van der Waals surface area (Å²) in [5.74, 6) is 1.58. The molecule has 24 heavy (non-hydrogen) atoms. The van der Waals surface area contributed by atoms with Crippen molar-refractivity contribution in [3.8, 4) is 0 Å². The van der Waals surface area contributed by atoms with Crippen molar-refractivity contribution in [3.63, 3.8) is 0 Å². The lowest BCUT2D eigenvalue weighted by Crippen LogP contribution is -2.51. The van der Waals surface area contributed by atoms with E-state index in [0.717, 1.165) is 32.4 Å². The first kappa shape index (κ1) is 17.5. The first-order valence-corrected chi connectivity index (χ1v) is 9.44. The van der Waals surface area contributed by atoms with Crippen LogP contribution in [0.15, 0.2) is 24.3 Å². The number of benzene rings is 1. The third-order valence-corrected chi connectivity index (χ3v) is 5.79. The molecule has 1 saturated carbocycles. The average molecular weight is 329 g/mol. The lowest BCUT2D eigenvalue weighted by molar-refractivity contribution is -0.151. The smallest absolute Gasteiger partial charge is 0.225 e. The largest absolute Gasteiger partial charge is 0.390 e. The van der Waals surface area contributed by atoms with Crippen molar-refractivity contribution in [1.82, 2.24) is 4.90 Å². The van der Waals surface area contributed by atoms with Gasteiger partial charge in [-0.25, -0.2) is 0 Å². The van der Waals surface area contributed by atoms with E-state index in [0.29, 0.717) is 24.7 Å². The van der Waals surface area contributed by atoms with Crippen molar-refractivity contribution in [1.29, 1.82) is 0 Å². The summed E-state index contributed by atoms with van der Waals surface area (Å²) in [6, 6.07) is 8.97. The molecule has 1 N–H and O–H groups in total. The minimum atomic E-state index is -0.611. The van der Waals surface area contributed by atoms with E-state index in [4.69, 9.17) is 0 Å². The maximum Gasteiger partial charge on any atom is 0.225 e. The van der Waals surface area contributed by atoms with Crippen molar-refractivity contribution >= 4 is 5.91 Å². The molecule has 0 spiro atoms. The van der Waals surface area contributed by atoms with Crippen LogP contribution in [-0.4, -0.2) is 34.6 Å². The molecule has 3 rings (SSSR count). The summed E-state index contributed by atoms with van der Waals surface area (Å²) < 4.78 is 0. The van der Waals surface area contributed by atoms with Crippen LogP contribution >= 0.6 is 0 Å². The second-order valence-electron chi connectivity index (χ2n) is 8.47. The van der Waals surface area contributed by atoms with Crippen molar-refractivity contribution in [3.05, 3.63) is 35.4 Å². The Bertz CT molecular complexity index is 577. The Morgan fingerprint density at radius 2 is 1.96 bits per heavy atom. The molecule has 0 bridgehead atoms. The summed E-state index contributed by atoms with van der Waals surface area (Å²) in [6.07, 6.45) is 4.59. The highest BCUT2D eigenvalue weighted by Gasteiger charge is 2.44. The molecule has 1 aliphatic heterocycles. The molecule has 1 amide bonds. The van der Waals surface area contributed by atoms with E-state index in [2.05, 4.69) is 38.1 Å². The predicted molar refractivity (Wildman–Crippen MR) is 96.9 cm³/mol. The maximum atomic E-state index is 12.5. The van der Waals surface area contributed by atoms with E-state index in [1.807, 2.05) is 11.8 Å². The Balaban J connectivity index is 1.49. The number of hydrogen-bond donors (Lipinski definition) is 1. The van der Waals surface area contributed by atoms with Crippen LogP contribution in [0.25, 0.3) is 0 Å². The highest BCUT2D eigenvalue weighted by atomic mass is 16.3. The molecule has 0 aromatic heterocycles. The van der Waals surface area contributed by atoms with Gasteiger partial charge in [0.2, 0.25) is 5.91 Å². The number of amides is 1. The van der Waals surface area contributed by atoms with Crippen LogP contribution in [0.3, 0.4) is 0 Å². The molecule has 2 fully saturated rings. The summed E-state index contributed by atoms with van der Waals surface area (Å²) in [7, 11) is 0. The van der Waals surface area contributed by atoms with Gasteiger partial charge in [0.15, 0.2) is 0 Å². The molecule has 132 valence electrons. The van der Waals surface area contributed by atoms with Gasteiger partial charge in [-0.3, -0.25) is 4.79 Å². The number of piperidine rings is 1. The van der Waals surface area contributed by atoms with Gasteiger partial charge < -0.3 is 10.0 Å². The number of rotatable bonds is 4. The van der Waals surface area contributed by atoms with Crippen molar-refractivity contribution in [2.75, 3.05) is 13.1 Å². The van der Waals surface area contributed by atoms with E-state index >= 15 is 0 Å². The summed E-state index contributed by atoms with van der Waals surface area (Å²) in [4.78, 5) is 14.5. The van der Waals surface area contributed by atoms with Crippen LogP contribution in [0.5, 0.6) is 0 Å². The van der Waals surface area contributed by atoms with E-state index in [-0.39, 0.29) is 11.8 Å². The van der Waals surface area contributed by atoms with Gasteiger partial charge in [0, 0.05) is 19.0 Å². The van der Waals surface area contributed by atoms with Gasteiger partial charge in [-0.05, 0) is 62.0 Å². The van der Waals surface area contributed by atoms with Gasteiger partial charge in [-0.2, -0.15) is 0 Å². The third-order valence-electron chi connectivity index (χ3n) is 5.79. The normalized spacial score (nSPS) is 28.0. The topological polar surface area (TPSA) is 40.5 Å². The predicted octanol–water partition coefficient (Wildman–Crippen LogP) is 3.75. The minimum Gasteiger partial charge on any atom is -0.390 e. The molecule has 1 heterocycles. The molecule has 2 aliphatic rings. The SMILES string of the molecule is CC(C)c1cccc(CC2CCN(C(=O)C3CC(C)(O)C3)CC2)c1. The highest BCUT2D eigenvalue weighted by molar-refractivity contribution is 5.80. The zero-order valence-electron chi connectivity index (χ0n) is 15.3. The molecule has 0 radical (unpaired) electrons. The third kappa shape index (κ3) is 4.00. The molecular formula is C21H31NO2. The van der Waals surface area contributed by atoms with Crippen molar-refractivity contribution < 1.29 is 9.90 Å². The van der Waals surface area contributed by atoms with Crippen LogP contribution in [0.4, 0.5) is 0 Å². The van der Waals surface area contributed by atoms with Crippen LogP contribution in [-0.2, 0) is 11.2 Å². The molecule has 3 nitrogen and oxygen atoms in total. The molecule has 0 unspecified atom stereocenters. The lowest BCUT2D eigenvalue weighted by Gasteiger charge is -2.43. The number of carbonyl (C=O) groups is 1. The Morgan fingerprint density at radius 3 is 2.54 bits per heavy atom. The van der Waals surface area contributed by atoms with Crippen LogP contribution in [0, 0.1) is 11.8 Å². The number of hydrogen-bond acceptors (Lipinski definition) is 2. The fourth-order valence-electron chi connectivity index (χ4n) is 4.20. The van der Waals surface area contributed by atoms with Gasteiger partial charge in [0.25, 0.3) is 0 Å². The molecule has 3 heteroatoms. The number of carbonyl (C=O) groups excluding carboxylic acids is 1. The molecular weight excluding hydrogens is 298 g/mol. The molecule has 1 saturated heterocycles. The zero-order chi connectivity index (χ0) is 17.3. The molecule has 1 aliphatic carbocycles. The minimum absolute atomic E-state index is 0.0549. The Labute approximate surface area is 146 Å². The summed E-state index contributed by atoms with van der Waals surface area (Å²) in [6.45, 7) is 8.06. The van der Waals surface area contributed by atoms with E-state index in [9.17, 15) is 9.90 Å². The van der Waals surface area contributed by atoms with Crippen molar-refractivity contribution in [2.45, 2.75) is 64.4 Å². The second kappa shape index (κ2) is 6.87. The monoisotopic (exact) mass is 329 g/mol. The summed E-state index contributed by atoms with van der Waals surface area (Å²) in [5, 5.41) is 9.83. The van der Waals surface area contributed by atoms with Gasteiger partial charge in [0.1, 0.15) is 0 Å². The Morgan fingerprint density at radius 1 is 1.29 bits per heavy atom. The van der Waals surface area contributed by atoms with Crippen LogP contribution in [0.2, 0.25) is 0 Å². The van der Waals surface area contributed by atoms with E-state index in [1.165, 1.54) is 11.1 Å². The fourth-order valence-corrected chi connectivity index (χ4v) is 4.20. The summed E-state index contributed by atoms with van der Waals surface area (Å²) in [5.41, 5.74) is 2.23. The standard InChI is InChI=1S/C21H31NO2/c1-15(2)18-6-4-5-17(12-18)11-16-7-9-22(10-8-16)20(23)19-13-21(3,24)14-19/h4-6,12,15-16,19,24H,7-11,13-14H2,1-3H3. The van der Waals surface area contributed by atoms with Gasteiger partial charge in [-0.1, -0.05) is 38.1 Å². The molecule has 1 aromatic rings. The summed E-state index contributed by atoms with van der Waals surface area (Å²) >= 11 is 0. The van der Waals surface area contributed by atoms with Crippen LogP contribution < -0.4 is 0 Å². The molecule has 0 atom stereocenters. The number of aliphatic hydroxyl groups is 1. The Kier molecular flexibility index (Phi) is 5.00. The van der Waals surface area contributed by atoms with Crippen molar-refractivity contribution in [2.24, 2.45) is 11.8 Å². The van der Waals surface area contributed by atoms with E-state index < -0.39 is 5.60 Å². The zero-order valence-corrected chi connectivity index (χ0v) is 15.3. The van der Waals surface area contributed by atoms with Gasteiger partial charge >= 0.3 is 0 Å². The van der Waals surface area contributed by atoms with E-state index in [1.54, 1.807) is 0 Å². The first-order chi connectivity index (χ1) is 11.3. The number of nitrogens with zero attached hydrogens (tertiary/aromatic N) is 1. The average Bonchev–Trinajstić information content (AvgIpc) is 2.53. The highest BCUT2D eigenvalue weighted by Crippen LogP contribution is 2.39. The number of likely N-dealkylation sites (tertiary alicyclic amines) is 1. The fraction of sp³-hybridized carbons (Fsp3) is 0.667. The maximum absolute atomic E-state index is 12.5. The van der Waals surface area contributed by atoms with Gasteiger partial charge in [0.05, 0.1) is 5.60 Å². The van der Waals surface area contributed by atoms with Crippen LogP contribution in [0.1, 0.15) is 63.5 Å². The molecule has 1 aromatic carbocycles.